The number of nitrogens with zero attached hydrogens (tertiary/aromatic N) is 2. The Kier molecular flexibility index (Phi) is 4.11. The summed E-state index contributed by atoms with van der Waals surface area (Å²) in [7, 11) is 0. The standard InChI is InChI=1S/C12H17N3O2S/c1-8-2-3-10(11(13)18)12(14-8)15-4-5-17-7-9(15)6-16/h2-3,9,16H,4-7H2,1H3,(H2,13,18). The molecule has 0 amide bonds. The predicted molar refractivity (Wildman–Crippen MR) is 73.9 cm³/mol. The monoisotopic (exact) mass is 267 g/mol. The molecule has 0 aromatic carbocycles. The van der Waals surface area contributed by atoms with Crippen molar-refractivity contribution in [2.75, 3.05) is 31.3 Å². The number of hydrogen-bond acceptors (Lipinski definition) is 5. The van der Waals surface area contributed by atoms with Gasteiger partial charge in [0.15, 0.2) is 0 Å². The van der Waals surface area contributed by atoms with E-state index in [0.717, 1.165) is 17.1 Å². The van der Waals surface area contributed by atoms with Crippen molar-refractivity contribution in [2.45, 2.75) is 13.0 Å². The van der Waals surface area contributed by atoms with Crippen molar-refractivity contribution in [3.05, 3.63) is 23.4 Å². The second kappa shape index (κ2) is 5.60. The normalized spacial score (nSPS) is 19.9. The van der Waals surface area contributed by atoms with Gasteiger partial charge in [0.1, 0.15) is 10.8 Å². The van der Waals surface area contributed by atoms with Gasteiger partial charge in [-0.25, -0.2) is 4.98 Å². The van der Waals surface area contributed by atoms with Crippen LogP contribution in [0.15, 0.2) is 12.1 Å². The van der Waals surface area contributed by atoms with Crippen LogP contribution in [0.2, 0.25) is 0 Å². The summed E-state index contributed by atoms with van der Waals surface area (Å²) in [5, 5.41) is 9.41. The van der Waals surface area contributed by atoms with Gasteiger partial charge in [-0.15, -0.1) is 0 Å². The molecule has 98 valence electrons. The summed E-state index contributed by atoms with van der Waals surface area (Å²) in [5.74, 6) is 0.741. The zero-order valence-corrected chi connectivity index (χ0v) is 11.1. The molecule has 3 N–H and O–H groups in total. The Balaban J connectivity index is 2.41. The van der Waals surface area contributed by atoms with Crippen molar-refractivity contribution in [1.82, 2.24) is 4.98 Å². The van der Waals surface area contributed by atoms with Crippen molar-refractivity contribution in [3.8, 4) is 0 Å². The third-order valence-electron chi connectivity index (χ3n) is 2.99. The molecule has 2 rings (SSSR count). The molecular formula is C12H17N3O2S. The number of rotatable bonds is 3. The molecule has 0 aliphatic carbocycles. The summed E-state index contributed by atoms with van der Waals surface area (Å²) in [4.78, 5) is 6.85. The van der Waals surface area contributed by atoms with E-state index in [4.69, 9.17) is 22.7 Å². The number of hydrogen-bond donors (Lipinski definition) is 2. The van der Waals surface area contributed by atoms with Gasteiger partial charge in [0, 0.05) is 12.2 Å². The fraction of sp³-hybridized carbons (Fsp3) is 0.500. The molecular weight excluding hydrogens is 250 g/mol. The van der Waals surface area contributed by atoms with Gasteiger partial charge in [0.25, 0.3) is 0 Å². The highest BCUT2D eigenvalue weighted by Crippen LogP contribution is 2.22. The summed E-state index contributed by atoms with van der Waals surface area (Å²) in [6.07, 6.45) is 0. The average Bonchev–Trinajstić information content (AvgIpc) is 2.38. The SMILES string of the molecule is Cc1ccc(C(N)=S)c(N2CCOCC2CO)n1. The zero-order valence-electron chi connectivity index (χ0n) is 10.3. The maximum atomic E-state index is 9.41. The highest BCUT2D eigenvalue weighted by Gasteiger charge is 2.26. The number of anilines is 1. The van der Waals surface area contributed by atoms with Gasteiger partial charge in [-0.3, -0.25) is 0 Å². The smallest absolute Gasteiger partial charge is 0.139 e. The molecule has 0 radical (unpaired) electrons. The van der Waals surface area contributed by atoms with E-state index in [1.54, 1.807) is 0 Å². The Hall–Kier alpha value is -1.24. The Labute approximate surface area is 112 Å². The molecule has 1 aliphatic rings. The largest absolute Gasteiger partial charge is 0.394 e. The van der Waals surface area contributed by atoms with Crippen LogP contribution in [0.25, 0.3) is 0 Å². The molecule has 0 saturated carbocycles. The molecule has 1 atom stereocenters. The molecule has 6 heteroatoms. The van der Waals surface area contributed by atoms with E-state index in [9.17, 15) is 5.11 Å². The minimum atomic E-state index is -0.0962. The number of aryl methyl sites for hydroxylation is 1. The predicted octanol–water partition coefficient (Wildman–Crippen LogP) is 0.222. The molecule has 2 heterocycles. The maximum absolute atomic E-state index is 9.41. The first-order valence-electron chi connectivity index (χ1n) is 5.86. The summed E-state index contributed by atoms with van der Waals surface area (Å²) < 4.78 is 5.36. The summed E-state index contributed by atoms with van der Waals surface area (Å²) >= 11 is 5.05. The number of nitrogens with two attached hydrogens (primary N) is 1. The van der Waals surface area contributed by atoms with Crippen LogP contribution < -0.4 is 10.6 Å². The first-order chi connectivity index (χ1) is 8.63. The van der Waals surface area contributed by atoms with Crippen LogP contribution in [-0.4, -0.2) is 47.5 Å². The van der Waals surface area contributed by atoms with E-state index in [2.05, 4.69) is 4.98 Å². The van der Waals surface area contributed by atoms with Gasteiger partial charge < -0.3 is 20.5 Å². The number of pyridine rings is 1. The lowest BCUT2D eigenvalue weighted by atomic mass is 10.1. The van der Waals surface area contributed by atoms with Crippen LogP contribution in [0.3, 0.4) is 0 Å². The lowest BCUT2D eigenvalue weighted by Crippen LogP contribution is -2.48. The molecule has 0 bridgehead atoms. The summed E-state index contributed by atoms with van der Waals surface area (Å²) in [6.45, 7) is 3.72. The highest BCUT2D eigenvalue weighted by molar-refractivity contribution is 7.80. The minimum Gasteiger partial charge on any atom is -0.394 e. The van der Waals surface area contributed by atoms with Crippen LogP contribution in [0, 0.1) is 6.92 Å². The van der Waals surface area contributed by atoms with Gasteiger partial charge in [0.05, 0.1) is 31.4 Å². The molecule has 18 heavy (non-hydrogen) atoms. The van der Waals surface area contributed by atoms with E-state index in [1.165, 1.54) is 0 Å². The molecule has 1 unspecified atom stereocenters. The van der Waals surface area contributed by atoms with Gasteiger partial charge in [0.2, 0.25) is 0 Å². The van der Waals surface area contributed by atoms with Crippen molar-refractivity contribution >= 4 is 23.0 Å². The third-order valence-corrected chi connectivity index (χ3v) is 3.21. The van der Waals surface area contributed by atoms with Crippen LogP contribution in [0.1, 0.15) is 11.3 Å². The topological polar surface area (TPSA) is 71.6 Å². The van der Waals surface area contributed by atoms with Crippen LogP contribution in [-0.2, 0) is 4.74 Å². The molecule has 1 aliphatic heterocycles. The fourth-order valence-electron chi connectivity index (χ4n) is 2.04. The Morgan fingerprint density at radius 2 is 2.44 bits per heavy atom. The lowest BCUT2D eigenvalue weighted by molar-refractivity contribution is 0.0722. The number of aliphatic hydroxyl groups is 1. The van der Waals surface area contributed by atoms with E-state index in [1.807, 2.05) is 24.0 Å². The van der Waals surface area contributed by atoms with Crippen LogP contribution in [0.5, 0.6) is 0 Å². The third kappa shape index (κ3) is 2.60. The first-order valence-corrected chi connectivity index (χ1v) is 6.27. The highest BCUT2D eigenvalue weighted by atomic mass is 32.1. The Morgan fingerprint density at radius 3 is 3.11 bits per heavy atom. The molecule has 1 aromatic rings. The number of thiocarbonyl (C=S) groups is 1. The van der Waals surface area contributed by atoms with Crippen LogP contribution >= 0.6 is 12.2 Å². The van der Waals surface area contributed by atoms with Crippen molar-refractivity contribution < 1.29 is 9.84 Å². The fourth-order valence-corrected chi connectivity index (χ4v) is 2.20. The van der Waals surface area contributed by atoms with Crippen molar-refractivity contribution in [2.24, 2.45) is 5.73 Å². The van der Waals surface area contributed by atoms with E-state index >= 15 is 0 Å². The molecule has 5 nitrogen and oxygen atoms in total. The van der Waals surface area contributed by atoms with E-state index in [-0.39, 0.29) is 12.6 Å². The number of ether oxygens (including phenoxy) is 1. The lowest BCUT2D eigenvalue weighted by Gasteiger charge is -2.36. The van der Waals surface area contributed by atoms with E-state index < -0.39 is 0 Å². The summed E-state index contributed by atoms with van der Waals surface area (Å²) in [5.41, 5.74) is 7.37. The average molecular weight is 267 g/mol. The van der Waals surface area contributed by atoms with E-state index in [0.29, 0.717) is 24.7 Å². The van der Waals surface area contributed by atoms with Crippen molar-refractivity contribution in [3.63, 3.8) is 0 Å². The quantitative estimate of drug-likeness (QED) is 0.764. The van der Waals surface area contributed by atoms with Gasteiger partial charge in [-0.1, -0.05) is 12.2 Å². The Bertz CT molecular complexity index is 453. The first kappa shape index (κ1) is 13.2. The molecule has 1 saturated heterocycles. The molecule has 1 aromatic heterocycles. The van der Waals surface area contributed by atoms with Gasteiger partial charge in [-0.2, -0.15) is 0 Å². The van der Waals surface area contributed by atoms with Crippen molar-refractivity contribution in [1.29, 1.82) is 0 Å². The molecule has 1 fully saturated rings. The van der Waals surface area contributed by atoms with Crippen LogP contribution in [0.4, 0.5) is 5.82 Å². The number of morpholine rings is 1. The summed E-state index contributed by atoms with van der Waals surface area (Å²) in [6, 6.07) is 3.66. The maximum Gasteiger partial charge on any atom is 0.139 e. The van der Waals surface area contributed by atoms with Gasteiger partial charge >= 0.3 is 0 Å². The second-order valence-electron chi connectivity index (χ2n) is 4.29. The Morgan fingerprint density at radius 1 is 1.67 bits per heavy atom. The second-order valence-corrected chi connectivity index (χ2v) is 4.73. The number of aliphatic hydroxyl groups excluding tert-OH is 1. The number of aromatic nitrogens is 1. The zero-order chi connectivity index (χ0) is 13.1. The van der Waals surface area contributed by atoms with Gasteiger partial charge in [-0.05, 0) is 19.1 Å². The molecule has 0 spiro atoms. The minimum absolute atomic E-state index is 0.0202.